The van der Waals surface area contributed by atoms with Gasteiger partial charge in [0.25, 0.3) is 0 Å². The van der Waals surface area contributed by atoms with Crippen LogP contribution in [0.5, 0.6) is 0 Å². The zero-order valence-electron chi connectivity index (χ0n) is 9.54. The number of halogens is 1. The zero-order chi connectivity index (χ0) is 12.3. The van der Waals surface area contributed by atoms with E-state index in [1.807, 2.05) is 13.8 Å². The van der Waals surface area contributed by atoms with Crippen LogP contribution in [0.2, 0.25) is 0 Å². The van der Waals surface area contributed by atoms with E-state index in [9.17, 15) is 4.79 Å². The van der Waals surface area contributed by atoms with Gasteiger partial charge >= 0.3 is 0 Å². The molecule has 5 heteroatoms. The first kappa shape index (κ1) is 12.8. The minimum Gasteiger partial charge on any atom is -0.343 e. The van der Waals surface area contributed by atoms with E-state index in [4.69, 9.17) is 6.42 Å². The monoisotopic (exact) mass is 283 g/mol. The number of rotatable bonds is 3. The van der Waals surface area contributed by atoms with Crippen LogP contribution in [-0.4, -0.2) is 22.2 Å². The Kier molecular flexibility index (Phi) is 4.13. The molecule has 4 nitrogen and oxygen atoms in total. The molecule has 0 spiro atoms. The number of amides is 1. The van der Waals surface area contributed by atoms with Gasteiger partial charge in [-0.2, -0.15) is 5.10 Å². The number of carbonyl (C=O) groups excluding carboxylic acids is 1. The second-order valence-corrected chi connectivity index (χ2v) is 4.32. The summed E-state index contributed by atoms with van der Waals surface area (Å²) < 4.78 is 2.62. The van der Waals surface area contributed by atoms with E-state index in [1.165, 1.54) is 0 Å². The SMILES string of the molecule is C#CCNC(=O)C(C)n1nc(C)c(Br)c1C. The fourth-order valence-electron chi connectivity index (χ4n) is 1.42. The summed E-state index contributed by atoms with van der Waals surface area (Å²) in [5.41, 5.74) is 1.80. The summed E-state index contributed by atoms with van der Waals surface area (Å²) in [6.07, 6.45) is 5.08. The topological polar surface area (TPSA) is 46.9 Å². The Bertz CT molecular complexity index is 445. The maximum absolute atomic E-state index is 11.7. The number of aryl methyl sites for hydroxylation is 1. The van der Waals surface area contributed by atoms with Gasteiger partial charge < -0.3 is 5.32 Å². The van der Waals surface area contributed by atoms with Gasteiger partial charge in [-0.25, -0.2) is 0 Å². The highest BCUT2D eigenvalue weighted by molar-refractivity contribution is 9.10. The van der Waals surface area contributed by atoms with Crippen molar-refractivity contribution < 1.29 is 4.79 Å². The quantitative estimate of drug-likeness (QED) is 0.856. The third-order valence-corrected chi connectivity index (χ3v) is 3.50. The predicted molar refractivity (Wildman–Crippen MR) is 66.0 cm³/mol. The largest absolute Gasteiger partial charge is 0.343 e. The Morgan fingerprint density at radius 3 is 2.75 bits per heavy atom. The number of carbonyl (C=O) groups is 1. The van der Waals surface area contributed by atoms with E-state index in [1.54, 1.807) is 11.6 Å². The molecule has 1 unspecified atom stereocenters. The maximum Gasteiger partial charge on any atom is 0.245 e. The molecule has 1 aromatic rings. The van der Waals surface area contributed by atoms with Crippen LogP contribution in [0.1, 0.15) is 24.4 Å². The molecule has 16 heavy (non-hydrogen) atoms. The lowest BCUT2D eigenvalue weighted by Gasteiger charge is -2.13. The molecular formula is C11H14BrN3O. The fourth-order valence-corrected chi connectivity index (χ4v) is 1.68. The van der Waals surface area contributed by atoms with E-state index in [-0.39, 0.29) is 18.5 Å². The summed E-state index contributed by atoms with van der Waals surface area (Å²) >= 11 is 3.42. The molecule has 0 aliphatic heterocycles. The van der Waals surface area contributed by atoms with E-state index >= 15 is 0 Å². The lowest BCUT2D eigenvalue weighted by atomic mass is 10.3. The van der Waals surface area contributed by atoms with Crippen molar-refractivity contribution in [2.75, 3.05) is 6.54 Å². The highest BCUT2D eigenvalue weighted by Crippen LogP contribution is 2.22. The molecule has 0 radical (unpaired) electrons. The summed E-state index contributed by atoms with van der Waals surface area (Å²) in [6, 6.07) is -0.363. The number of nitrogens with one attached hydrogen (secondary N) is 1. The highest BCUT2D eigenvalue weighted by atomic mass is 79.9. The average molecular weight is 284 g/mol. The predicted octanol–water partition coefficient (Wildman–Crippen LogP) is 1.57. The van der Waals surface area contributed by atoms with E-state index in [0.717, 1.165) is 15.9 Å². The van der Waals surface area contributed by atoms with Crippen LogP contribution in [0.4, 0.5) is 0 Å². The van der Waals surface area contributed by atoms with Crippen molar-refractivity contribution in [3.8, 4) is 12.3 Å². The van der Waals surface area contributed by atoms with Crippen LogP contribution in [0.25, 0.3) is 0 Å². The van der Waals surface area contributed by atoms with Crippen LogP contribution in [0.15, 0.2) is 4.47 Å². The van der Waals surface area contributed by atoms with E-state index in [0.29, 0.717) is 0 Å². The van der Waals surface area contributed by atoms with Gasteiger partial charge in [0.15, 0.2) is 0 Å². The number of hydrogen-bond donors (Lipinski definition) is 1. The number of nitrogens with zero attached hydrogens (tertiary/aromatic N) is 2. The lowest BCUT2D eigenvalue weighted by Crippen LogP contribution is -2.32. The summed E-state index contributed by atoms with van der Waals surface area (Å²) in [5.74, 6) is 2.24. The normalized spacial score (nSPS) is 11.9. The van der Waals surface area contributed by atoms with Gasteiger partial charge in [-0.3, -0.25) is 9.48 Å². The summed E-state index contributed by atoms with van der Waals surface area (Å²) in [5, 5.41) is 6.93. The van der Waals surface area contributed by atoms with Crippen LogP contribution in [0.3, 0.4) is 0 Å². The molecule has 1 rings (SSSR count). The molecular weight excluding hydrogens is 270 g/mol. The summed E-state index contributed by atoms with van der Waals surface area (Å²) in [6.45, 7) is 5.83. The Morgan fingerprint density at radius 2 is 2.31 bits per heavy atom. The first-order valence-electron chi connectivity index (χ1n) is 4.91. The third kappa shape index (κ3) is 2.45. The molecule has 1 N–H and O–H groups in total. The number of aromatic nitrogens is 2. The zero-order valence-corrected chi connectivity index (χ0v) is 11.1. The van der Waals surface area contributed by atoms with Gasteiger partial charge in [-0.1, -0.05) is 5.92 Å². The molecule has 1 heterocycles. The van der Waals surface area contributed by atoms with Gasteiger partial charge in [0.2, 0.25) is 5.91 Å². The first-order valence-corrected chi connectivity index (χ1v) is 5.70. The Morgan fingerprint density at radius 1 is 1.69 bits per heavy atom. The summed E-state index contributed by atoms with van der Waals surface area (Å²) in [7, 11) is 0. The maximum atomic E-state index is 11.7. The van der Waals surface area contributed by atoms with Crippen molar-refractivity contribution in [2.45, 2.75) is 26.8 Å². The van der Waals surface area contributed by atoms with Crippen molar-refractivity contribution in [2.24, 2.45) is 0 Å². The Labute approximate surface area is 104 Å². The van der Waals surface area contributed by atoms with Crippen molar-refractivity contribution in [3.63, 3.8) is 0 Å². The second-order valence-electron chi connectivity index (χ2n) is 3.53. The van der Waals surface area contributed by atoms with Crippen LogP contribution < -0.4 is 5.32 Å². The minimum atomic E-state index is -0.363. The summed E-state index contributed by atoms with van der Waals surface area (Å²) in [4.78, 5) is 11.7. The van der Waals surface area contributed by atoms with Gasteiger partial charge in [-0.15, -0.1) is 6.42 Å². The first-order chi connectivity index (χ1) is 7.49. The van der Waals surface area contributed by atoms with Crippen molar-refractivity contribution >= 4 is 21.8 Å². The van der Waals surface area contributed by atoms with Crippen molar-refractivity contribution in [1.82, 2.24) is 15.1 Å². The van der Waals surface area contributed by atoms with Gasteiger partial charge in [0, 0.05) is 0 Å². The third-order valence-electron chi connectivity index (χ3n) is 2.35. The second kappa shape index (κ2) is 5.17. The molecule has 0 saturated heterocycles. The van der Waals surface area contributed by atoms with E-state index in [2.05, 4.69) is 32.3 Å². The standard InChI is InChI=1S/C11H14BrN3O/c1-5-6-13-11(16)9(4)15-8(3)10(12)7(2)14-15/h1,9H,6H2,2-4H3,(H,13,16). The van der Waals surface area contributed by atoms with Crippen LogP contribution >= 0.6 is 15.9 Å². The molecule has 0 aliphatic carbocycles. The van der Waals surface area contributed by atoms with Gasteiger partial charge in [0.1, 0.15) is 6.04 Å². The van der Waals surface area contributed by atoms with Gasteiger partial charge in [0.05, 0.1) is 22.4 Å². The molecule has 0 saturated carbocycles. The van der Waals surface area contributed by atoms with Crippen LogP contribution in [0, 0.1) is 26.2 Å². The van der Waals surface area contributed by atoms with Crippen molar-refractivity contribution in [3.05, 3.63) is 15.9 Å². The van der Waals surface area contributed by atoms with Crippen molar-refractivity contribution in [1.29, 1.82) is 0 Å². The van der Waals surface area contributed by atoms with E-state index < -0.39 is 0 Å². The fraction of sp³-hybridized carbons (Fsp3) is 0.455. The Hall–Kier alpha value is -1.28. The number of terminal acetylenes is 1. The molecule has 0 aliphatic rings. The molecule has 1 amide bonds. The van der Waals surface area contributed by atoms with Crippen LogP contribution in [-0.2, 0) is 4.79 Å². The Balaban J connectivity index is 2.88. The highest BCUT2D eigenvalue weighted by Gasteiger charge is 2.19. The minimum absolute atomic E-state index is 0.129. The smallest absolute Gasteiger partial charge is 0.245 e. The molecule has 1 aromatic heterocycles. The molecule has 0 aromatic carbocycles. The number of hydrogen-bond acceptors (Lipinski definition) is 2. The molecule has 0 fully saturated rings. The average Bonchev–Trinajstić information content (AvgIpc) is 2.52. The molecule has 0 bridgehead atoms. The van der Waals surface area contributed by atoms with Gasteiger partial charge in [-0.05, 0) is 36.7 Å². The molecule has 1 atom stereocenters. The molecule has 86 valence electrons. The lowest BCUT2D eigenvalue weighted by molar-refractivity contribution is -0.123.